The fraction of sp³-hybridized carbons (Fsp3) is 0.643. The first kappa shape index (κ1) is 16.2. The highest BCUT2D eigenvalue weighted by atomic mass is 32.2. The first-order valence-corrected chi connectivity index (χ1v) is 8.13. The second kappa shape index (κ2) is 7.20. The van der Waals surface area contributed by atoms with Crippen molar-refractivity contribution in [3.8, 4) is 0 Å². The van der Waals surface area contributed by atoms with Gasteiger partial charge in [-0.1, -0.05) is 11.8 Å². The van der Waals surface area contributed by atoms with Gasteiger partial charge in [0.25, 0.3) is 5.91 Å². The SMILES string of the molecule is CSc1ncc(C(=O)N(C)CC2(CO)CCOCC2)cn1. The summed E-state index contributed by atoms with van der Waals surface area (Å²) in [5.74, 6) is -0.123. The molecule has 116 valence electrons. The fourth-order valence-electron chi connectivity index (χ4n) is 2.50. The zero-order chi connectivity index (χ0) is 15.3. The molecule has 6 nitrogen and oxygen atoms in total. The maximum atomic E-state index is 12.4. The summed E-state index contributed by atoms with van der Waals surface area (Å²) in [4.78, 5) is 22.3. The van der Waals surface area contributed by atoms with Crippen molar-refractivity contribution in [2.24, 2.45) is 5.41 Å². The van der Waals surface area contributed by atoms with E-state index in [1.54, 1.807) is 24.3 Å². The van der Waals surface area contributed by atoms with Crippen molar-refractivity contribution in [2.45, 2.75) is 18.0 Å². The molecule has 0 aromatic carbocycles. The molecule has 21 heavy (non-hydrogen) atoms. The predicted octanol–water partition coefficient (Wildman–Crippen LogP) is 1.06. The van der Waals surface area contributed by atoms with Gasteiger partial charge in [-0.3, -0.25) is 4.79 Å². The molecule has 0 saturated carbocycles. The molecule has 2 rings (SSSR count). The van der Waals surface area contributed by atoms with Crippen molar-refractivity contribution in [3.05, 3.63) is 18.0 Å². The third-order valence-electron chi connectivity index (χ3n) is 3.87. The molecule has 1 saturated heterocycles. The Labute approximate surface area is 128 Å². The number of hydrogen-bond acceptors (Lipinski definition) is 6. The van der Waals surface area contributed by atoms with Crippen LogP contribution in [0.25, 0.3) is 0 Å². The Bertz CT molecular complexity index is 475. The van der Waals surface area contributed by atoms with Crippen molar-refractivity contribution in [1.82, 2.24) is 14.9 Å². The van der Waals surface area contributed by atoms with Crippen LogP contribution in [0, 0.1) is 5.41 Å². The minimum atomic E-state index is -0.261. The number of aromatic nitrogens is 2. The molecule has 1 aromatic heterocycles. The normalized spacial score (nSPS) is 17.5. The quantitative estimate of drug-likeness (QED) is 0.647. The van der Waals surface area contributed by atoms with Gasteiger partial charge in [-0.15, -0.1) is 0 Å². The minimum Gasteiger partial charge on any atom is -0.396 e. The molecular formula is C14H21N3O3S. The lowest BCUT2D eigenvalue weighted by Gasteiger charge is -2.38. The number of thioether (sulfide) groups is 1. The van der Waals surface area contributed by atoms with Gasteiger partial charge in [0.2, 0.25) is 0 Å². The number of rotatable bonds is 5. The summed E-state index contributed by atoms with van der Waals surface area (Å²) in [5, 5.41) is 10.3. The Balaban J connectivity index is 2.03. The molecule has 0 bridgehead atoms. The summed E-state index contributed by atoms with van der Waals surface area (Å²) in [6.07, 6.45) is 6.52. The fourth-order valence-corrected chi connectivity index (χ4v) is 2.81. The van der Waals surface area contributed by atoms with E-state index in [0.29, 0.717) is 30.5 Å². The topological polar surface area (TPSA) is 75.6 Å². The van der Waals surface area contributed by atoms with Crippen molar-refractivity contribution in [1.29, 1.82) is 0 Å². The van der Waals surface area contributed by atoms with Gasteiger partial charge in [0, 0.05) is 44.6 Å². The minimum absolute atomic E-state index is 0.0654. The van der Waals surface area contributed by atoms with E-state index >= 15 is 0 Å². The largest absolute Gasteiger partial charge is 0.396 e. The standard InChI is InChI=1S/C14H21N3O3S/c1-17(9-14(10-18)3-5-20-6-4-14)12(19)11-7-15-13(21-2)16-8-11/h7-8,18H,3-6,9-10H2,1-2H3. The van der Waals surface area contributed by atoms with E-state index in [0.717, 1.165) is 12.8 Å². The van der Waals surface area contributed by atoms with E-state index < -0.39 is 0 Å². The third kappa shape index (κ3) is 3.93. The van der Waals surface area contributed by atoms with Gasteiger partial charge in [0.15, 0.2) is 5.16 Å². The maximum Gasteiger partial charge on any atom is 0.256 e. The van der Waals surface area contributed by atoms with Crippen molar-refractivity contribution < 1.29 is 14.6 Å². The van der Waals surface area contributed by atoms with E-state index in [9.17, 15) is 9.90 Å². The van der Waals surface area contributed by atoms with Crippen LogP contribution in [0.4, 0.5) is 0 Å². The number of ether oxygens (including phenoxy) is 1. The highest BCUT2D eigenvalue weighted by Crippen LogP contribution is 2.31. The summed E-state index contributed by atoms with van der Waals surface area (Å²) in [7, 11) is 1.75. The summed E-state index contributed by atoms with van der Waals surface area (Å²) in [6, 6.07) is 0. The number of carbonyl (C=O) groups excluding carboxylic acids is 1. The molecule has 0 aliphatic carbocycles. The van der Waals surface area contributed by atoms with Gasteiger partial charge in [0.1, 0.15) is 0 Å². The van der Waals surface area contributed by atoms with E-state index in [1.807, 2.05) is 6.26 Å². The van der Waals surface area contributed by atoms with E-state index in [2.05, 4.69) is 9.97 Å². The molecule has 7 heteroatoms. The van der Waals surface area contributed by atoms with Crippen LogP contribution in [-0.2, 0) is 4.74 Å². The van der Waals surface area contributed by atoms with Crippen LogP contribution < -0.4 is 0 Å². The number of amides is 1. The average molecular weight is 311 g/mol. The third-order valence-corrected chi connectivity index (χ3v) is 4.44. The first-order chi connectivity index (χ1) is 10.1. The zero-order valence-corrected chi connectivity index (χ0v) is 13.2. The molecule has 1 aliphatic rings. The van der Waals surface area contributed by atoms with E-state index in [1.165, 1.54) is 11.8 Å². The van der Waals surface area contributed by atoms with Crippen LogP contribution in [-0.4, -0.2) is 65.6 Å². The molecule has 0 atom stereocenters. The Morgan fingerprint density at radius 3 is 2.57 bits per heavy atom. The smallest absolute Gasteiger partial charge is 0.256 e. The molecule has 1 aromatic rings. The lowest BCUT2D eigenvalue weighted by Crippen LogP contribution is -2.44. The molecule has 0 unspecified atom stereocenters. The van der Waals surface area contributed by atoms with E-state index in [4.69, 9.17) is 4.74 Å². The second-order valence-electron chi connectivity index (χ2n) is 5.39. The predicted molar refractivity (Wildman–Crippen MR) is 80.3 cm³/mol. The number of carbonyl (C=O) groups is 1. The number of aliphatic hydroxyl groups is 1. The monoisotopic (exact) mass is 311 g/mol. The van der Waals surface area contributed by atoms with Crippen LogP contribution in [0.15, 0.2) is 17.6 Å². The van der Waals surface area contributed by atoms with Gasteiger partial charge in [-0.25, -0.2) is 9.97 Å². The molecule has 1 aliphatic heterocycles. The van der Waals surface area contributed by atoms with Crippen molar-refractivity contribution in [3.63, 3.8) is 0 Å². The average Bonchev–Trinajstić information content (AvgIpc) is 2.55. The van der Waals surface area contributed by atoms with Crippen LogP contribution in [0.1, 0.15) is 23.2 Å². The Morgan fingerprint density at radius 1 is 1.43 bits per heavy atom. The molecule has 1 amide bonds. The molecule has 0 spiro atoms. The van der Waals surface area contributed by atoms with Crippen LogP contribution in [0.3, 0.4) is 0 Å². The molecule has 2 heterocycles. The van der Waals surface area contributed by atoms with Crippen LogP contribution in [0.5, 0.6) is 0 Å². The van der Waals surface area contributed by atoms with Gasteiger partial charge < -0.3 is 14.7 Å². The van der Waals surface area contributed by atoms with Crippen LogP contribution >= 0.6 is 11.8 Å². The maximum absolute atomic E-state index is 12.4. The lowest BCUT2D eigenvalue weighted by molar-refractivity contribution is -0.0282. The lowest BCUT2D eigenvalue weighted by atomic mass is 9.80. The summed E-state index contributed by atoms with van der Waals surface area (Å²) >= 11 is 1.43. The highest BCUT2D eigenvalue weighted by Gasteiger charge is 2.34. The molecule has 0 radical (unpaired) electrons. The van der Waals surface area contributed by atoms with Crippen molar-refractivity contribution in [2.75, 3.05) is 39.7 Å². The van der Waals surface area contributed by atoms with Crippen molar-refractivity contribution >= 4 is 17.7 Å². The van der Waals surface area contributed by atoms with Gasteiger partial charge >= 0.3 is 0 Å². The Kier molecular flexibility index (Phi) is 5.55. The highest BCUT2D eigenvalue weighted by molar-refractivity contribution is 7.98. The summed E-state index contributed by atoms with van der Waals surface area (Å²) in [5.41, 5.74) is 0.207. The molecule has 1 N–H and O–H groups in total. The van der Waals surface area contributed by atoms with Crippen LogP contribution in [0.2, 0.25) is 0 Å². The Hall–Kier alpha value is -1.18. The Morgan fingerprint density at radius 2 is 2.05 bits per heavy atom. The number of hydrogen-bond donors (Lipinski definition) is 1. The number of aliphatic hydroxyl groups excluding tert-OH is 1. The van der Waals surface area contributed by atoms with Gasteiger partial charge in [0.05, 0.1) is 12.2 Å². The summed E-state index contributed by atoms with van der Waals surface area (Å²) < 4.78 is 5.34. The van der Waals surface area contributed by atoms with E-state index in [-0.39, 0.29) is 17.9 Å². The first-order valence-electron chi connectivity index (χ1n) is 6.90. The van der Waals surface area contributed by atoms with Gasteiger partial charge in [-0.05, 0) is 19.1 Å². The number of nitrogens with zero attached hydrogens (tertiary/aromatic N) is 3. The summed E-state index contributed by atoms with van der Waals surface area (Å²) in [6.45, 7) is 1.84. The second-order valence-corrected chi connectivity index (χ2v) is 6.16. The molecular weight excluding hydrogens is 290 g/mol. The van der Waals surface area contributed by atoms with Gasteiger partial charge in [-0.2, -0.15) is 0 Å². The molecule has 1 fully saturated rings. The zero-order valence-electron chi connectivity index (χ0n) is 12.4.